The molecular weight excluding hydrogens is 288 g/mol. The van der Waals surface area contributed by atoms with E-state index in [1.807, 2.05) is 0 Å². The lowest BCUT2D eigenvalue weighted by atomic mass is 9.79. The first-order chi connectivity index (χ1) is 10.5. The number of hydrogen-bond acceptors (Lipinski definition) is 3. The molecule has 1 heterocycles. The third-order valence-electron chi connectivity index (χ3n) is 5.75. The van der Waals surface area contributed by atoms with Crippen molar-refractivity contribution in [1.29, 1.82) is 0 Å². The zero-order valence-corrected chi connectivity index (χ0v) is 16.1. The number of carbonyl (C=O) groups excluding carboxylic acids is 1. The first-order valence-electron chi connectivity index (χ1n) is 9.12. The summed E-state index contributed by atoms with van der Waals surface area (Å²) in [6.07, 6.45) is 4.32. The van der Waals surface area contributed by atoms with E-state index in [1.54, 1.807) is 7.11 Å². The van der Waals surface area contributed by atoms with Gasteiger partial charge in [0.05, 0.1) is 12.1 Å². The molecule has 1 aliphatic carbocycles. The van der Waals surface area contributed by atoms with Crippen molar-refractivity contribution in [2.75, 3.05) is 13.7 Å². The summed E-state index contributed by atoms with van der Waals surface area (Å²) >= 11 is 0. The molecule has 1 saturated heterocycles. The summed E-state index contributed by atoms with van der Waals surface area (Å²) in [7, 11) is 1.76. The average Bonchev–Trinajstić information content (AvgIpc) is 3.03. The molecule has 0 bridgehead atoms. The van der Waals surface area contributed by atoms with E-state index in [9.17, 15) is 4.79 Å². The number of carbonyl (C=O) groups is 1. The molecule has 0 aromatic rings. The van der Waals surface area contributed by atoms with Crippen LogP contribution in [0.4, 0.5) is 0 Å². The van der Waals surface area contributed by atoms with Crippen LogP contribution >= 0.6 is 0 Å². The van der Waals surface area contributed by atoms with Gasteiger partial charge < -0.3 is 10.1 Å². The summed E-state index contributed by atoms with van der Waals surface area (Å²) in [5.41, 5.74) is 0.264. The number of ether oxygens (including phenoxy) is 1. The van der Waals surface area contributed by atoms with E-state index in [0.717, 1.165) is 32.2 Å². The van der Waals surface area contributed by atoms with Crippen LogP contribution in [0.2, 0.25) is 0 Å². The Hall–Kier alpha value is -0.610. The Bertz CT molecular complexity index is 422. The van der Waals surface area contributed by atoms with Gasteiger partial charge in [-0.3, -0.25) is 9.69 Å². The fourth-order valence-electron chi connectivity index (χ4n) is 4.04. The third kappa shape index (κ3) is 4.48. The van der Waals surface area contributed by atoms with Crippen LogP contribution in [0, 0.1) is 11.3 Å². The molecule has 1 aliphatic heterocycles. The molecule has 2 fully saturated rings. The third-order valence-corrected chi connectivity index (χ3v) is 5.75. The van der Waals surface area contributed by atoms with E-state index >= 15 is 0 Å². The first-order valence-corrected chi connectivity index (χ1v) is 9.12. The molecule has 4 atom stereocenters. The highest BCUT2D eigenvalue weighted by molar-refractivity contribution is 5.82. The van der Waals surface area contributed by atoms with Gasteiger partial charge in [0.15, 0.2) is 0 Å². The van der Waals surface area contributed by atoms with Crippen molar-refractivity contribution < 1.29 is 9.53 Å². The molecule has 2 rings (SSSR count). The first kappa shape index (κ1) is 18.7. The lowest BCUT2D eigenvalue weighted by Crippen LogP contribution is -2.52. The van der Waals surface area contributed by atoms with Gasteiger partial charge in [-0.2, -0.15) is 0 Å². The fraction of sp³-hybridized carbons (Fsp3) is 0.947. The van der Waals surface area contributed by atoms with Crippen molar-refractivity contribution in [2.24, 2.45) is 11.3 Å². The molecule has 4 nitrogen and oxygen atoms in total. The maximum atomic E-state index is 12.9. The molecule has 1 unspecified atom stereocenters. The summed E-state index contributed by atoms with van der Waals surface area (Å²) in [4.78, 5) is 15.3. The second-order valence-corrected chi connectivity index (χ2v) is 9.51. The largest absolute Gasteiger partial charge is 0.381 e. The zero-order chi connectivity index (χ0) is 17.4. The molecule has 23 heavy (non-hydrogen) atoms. The van der Waals surface area contributed by atoms with E-state index in [2.05, 4.69) is 51.8 Å². The van der Waals surface area contributed by atoms with Crippen LogP contribution < -0.4 is 5.32 Å². The van der Waals surface area contributed by atoms with Crippen molar-refractivity contribution in [1.82, 2.24) is 10.2 Å². The molecule has 2 aliphatic rings. The topological polar surface area (TPSA) is 41.6 Å². The van der Waals surface area contributed by atoms with Crippen LogP contribution in [0.5, 0.6) is 0 Å². The number of amides is 1. The van der Waals surface area contributed by atoms with Gasteiger partial charge in [-0.05, 0) is 57.8 Å². The molecule has 1 amide bonds. The Labute approximate surface area is 142 Å². The Morgan fingerprint density at radius 1 is 1.09 bits per heavy atom. The second kappa shape index (κ2) is 6.72. The van der Waals surface area contributed by atoms with Crippen LogP contribution in [0.25, 0.3) is 0 Å². The van der Waals surface area contributed by atoms with Gasteiger partial charge >= 0.3 is 0 Å². The monoisotopic (exact) mass is 324 g/mol. The number of nitrogens with zero attached hydrogens (tertiary/aromatic N) is 1. The minimum absolute atomic E-state index is 0.000759. The van der Waals surface area contributed by atoms with Crippen LogP contribution in [0.15, 0.2) is 0 Å². The van der Waals surface area contributed by atoms with E-state index in [1.165, 1.54) is 0 Å². The highest BCUT2D eigenvalue weighted by Gasteiger charge is 2.45. The highest BCUT2D eigenvalue weighted by atomic mass is 16.5. The maximum Gasteiger partial charge on any atom is 0.237 e. The summed E-state index contributed by atoms with van der Waals surface area (Å²) in [5, 5.41) is 3.30. The molecule has 0 radical (unpaired) electrons. The van der Waals surface area contributed by atoms with Gasteiger partial charge in [0.2, 0.25) is 5.91 Å². The lowest BCUT2D eigenvalue weighted by Gasteiger charge is -2.37. The SMILES string of the molecule is CO[C@@H]1CC[C@H](NC(=O)[C@@H]2CC(C(C)(C)C)CN2C(C)(C)C)C1. The summed E-state index contributed by atoms with van der Waals surface area (Å²) < 4.78 is 5.42. The van der Waals surface area contributed by atoms with Gasteiger partial charge in [-0.1, -0.05) is 20.8 Å². The summed E-state index contributed by atoms with van der Waals surface area (Å²) in [6, 6.07) is 0.281. The molecular formula is C19H36N2O2. The lowest BCUT2D eigenvalue weighted by molar-refractivity contribution is -0.127. The maximum absolute atomic E-state index is 12.9. The van der Waals surface area contributed by atoms with E-state index in [4.69, 9.17) is 4.74 Å². The van der Waals surface area contributed by atoms with Gasteiger partial charge in [-0.15, -0.1) is 0 Å². The summed E-state index contributed by atoms with van der Waals surface area (Å²) in [6.45, 7) is 14.5. The predicted octanol–water partition coefficient (Wildman–Crippen LogP) is 3.21. The number of hydrogen-bond donors (Lipinski definition) is 1. The highest BCUT2D eigenvalue weighted by Crippen LogP contribution is 2.40. The molecule has 1 N–H and O–H groups in total. The van der Waals surface area contributed by atoms with Crippen molar-refractivity contribution >= 4 is 5.91 Å². The van der Waals surface area contributed by atoms with E-state index in [-0.39, 0.29) is 28.9 Å². The molecule has 4 heteroatoms. The normalized spacial score (nSPS) is 33.2. The molecule has 0 aromatic heterocycles. The average molecular weight is 325 g/mol. The summed E-state index contributed by atoms with van der Waals surface area (Å²) in [5.74, 6) is 0.779. The van der Waals surface area contributed by atoms with E-state index < -0.39 is 0 Å². The van der Waals surface area contributed by atoms with Gasteiger partial charge in [-0.25, -0.2) is 0 Å². The van der Waals surface area contributed by atoms with Gasteiger partial charge in [0, 0.05) is 25.2 Å². The standard InChI is InChI=1S/C19H36N2O2/c1-18(2,3)13-10-16(21(12-13)19(4,5)6)17(22)20-14-8-9-15(11-14)23-7/h13-16H,8-12H2,1-7H3,(H,20,22)/t13?,14-,15+,16-/m0/s1. The van der Waals surface area contributed by atoms with Gasteiger partial charge in [0.1, 0.15) is 0 Å². The van der Waals surface area contributed by atoms with Crippen molar-refractivity contribution in [3.05, 3.63) is 0 Å². The number of nitrogens with one attached hydrogen (secondary N) is 1. The van der Waals surface area contributed by atoms with Gasteiger partial charge in [0.25, 0.3) is 0 Å². The second-order valence-electron chi connectivity index (χ2n) is 9.51. The Morgan fingerprint density at radius 2 is 1.74 bits per heavy atom. The quantitative estimate of drug-likeness (QED) is 0.867. The number of methoxy groups -OCH3 is 1. The van der Waals surface area contributed by atoms with Crippen molar-refractivity contribution in [2.45, 2.75) is 91.0 Å². The van der Waals surface area contributed by atoms with Crippen molar-refractivity contribution in [3.63, 3.8) is 0 Å². The number of rotatable bonds is 3. The minimum Gasteiger partial charge on any atom is -0.381 e. The van der Waals surface area contributed by atoms with E-state index in [0.29, 0.717) is 12.0 Å². The van der Waals surface area contributed by atoms with Crippen LogP contribution in [-0.2, 0) is 9.53 Å². The van der Waals surface area contributed by atoms with Crippen LogP contribution in [0.1, 0.15) is 67.2 Å². The minimum atomic E-state index is 0.000759. The Balaban J connectivity index is 2.04. The predicted molar refractivity (Wildman–Crippen MR) is 94.4 cm³/mol. The number of likely N-dealkylation sites (tertiary alicyclic amines) is 1. The molecule has 0 spiro atoms. The smallest absolute Gasteiger partial charge is 0.237 e. The Kier molecular flexibility index (Phi) is 5.47. The van der Waals surface area contributed by atoms with Crippen molar-refractivity contribution in [3.8, 4) is 0 Å². The molecule has 0 aromatic carbocycles. The Morgan fingerprint density at radius 3 is 2.22 bits per heavy atom. The molecule has 1 saturated carbocycles. The van der Waals surface area contributed by atoms with Crippen LogP contribution in [-0.4, -0.2) is 48.2 Å². The fourth-order valence-corrected chi connectivity index (χ4v) is 4.04. The molecule has 134 valence electrons. The van der Waals surface area contributed by atoms with Crippen LogP contribution in [0.3, 0.4) is 0 Å². The zero-order valence-electron chi connectivity index (χ0n) is 16.1.